The molecule has 7 heteroatoms. The van der Waals surface area contributed by atoms with Gasteiger partial charge in [0.2, 0.25) is 5.91 Å². The van der Waals surface area contributed by atoms with E-state index in [0.717, 1.165) is 5.56 Å². The van der Waals surface area contributed by atoms with E-state index in [1.807, 2.05) is 12.1 Å². The Labute approximate surface area is 145 Å². The average Bonchev–Trinajstić information content (AvgIpc) is 3.13. The number of carbonyl (C=O) groups is 1. The molecule has 132 valence electrons. The monoisotopic (exact) mass is 345 g/mol. The van der Waals surface area contributed by atoms with E-state index >= 15 is 0 Å². The maximum atomic E-state index is 13.7. The Morgan fingerprint density at radius 1 is 1.16 bits per heavy atom. The number of hydrogen-bond donors (Lipinski definition) is 3. The fourth-order valence-corrected chi connectivity index (χ4v) is 2.82. The summed E-state index contributed by atoms with van der Waals surface area (Å²) in [5.41, 5.74) is 7.12. The minimum absolute atomic E-state index is 0.114. The lowest BCUT2D eigenvalue weighted by Gasteiger charge is -2.15. The molecule has 3 N–H and O–H groups in total. The summed E-state index contributed by atoms with van der Waals surface area (Å²) in [7, 11) is 3.18. The topological polar surface area (TPSA) is 71.6 Å². The Kier molecular flexibility index (Phi) is 5.16. The van der Waals surface area contributed by atoms with Gasteiger partial charge in [0.15, 0.2) is 0 Å². The molecule has 2 aromatic carbocycles. The van der Waals surface area contributed by atoms with E-state index in [1.54, 1.807) is 32.4 Å². The third kappa shape index (κ3) is 3.72. The van der Waals surface area contributed by atoms with Crippen molar-refractivity contribution >= 4 is 11.6 Å². The number of methoxy groups -OCH3 is 2. The molecule has 1 saturated heterocycles. The van der Waals surface area contributed by atoms with Crippen LogP contribution < -0.4 is 25.6 Å². The van der Waals surface area contributed by atoms with Gasteiger partial charge in [0.25, 0.3) is 0 Å². The molecule has 2 atom stereocenters. The van der Waals surface area contributed by atoms with E-state index in [-0.39, 0.29) is 17.6 Å². The van der Waals surface area contributed by atoms with Crippen molar-refractivity contribution in [2.75, 3.05) is 19.5 Å². The second-order valence-corrected chi connectivity index (χ2v) is 5.71. The maximum Gasteiger partial charge on any atom is 0.243 e. The van der Waals surface area contributed by atoms with Crippen LogP contribution in [-0.2, 0) is 4.79 Å². The summed E-state index contributed by atoms with van der Waals surface area (Å²) in [6.45, 7) is 0. The van der Waals surface area contributed by atoms with Crippen LogP contribution in [0.1, 0.15) is 18.0 Å². The van der Waals surface area contributed by atoms with Gasteiger partial charge in [-0.05, 0) is 24.6 Å². The predicted molar refractivity (Wildman–Crippen MR) is 92.0 cm³/mol. The highest BCUT2D eigenvalue weighted by molar-refractivity contribution is 5.95. The molecule has 0 radical (unpaired) electrons. The quantitative estimate of drug-likeness (QED) is 0.776. The molecule has 1 aliphatic heterocycles. The van der Waals surface area contributed by atoms with Crippen LogP contribution in [0.4, 0.5) is 10.1 Å². The van der Waals surface area contributed by atoms with Gasteiger partial charge in [-0.15, -0.1) is 0 Å². The Hall–Kier alpha value is -2.64. The molecule has 0 aromatic heterocycles. The molecule has 0 aliphatic carbocycles. The molecule has 25 heavy (non-hydrogen) atoms. The number of anilines is 1. The number of nitrogens with one attached hydrogen (secondary N) is 3. The van der Waals surface area contributed by atoms with Crippen molar-refractivity contribution in [1.29, 1.82) is 0 Å². The number of hydrazine groups is 1. The van der Waals surface area contributed by atoms with Crippen LogP contribution in [-0.4, -0.2) is 26.2 Å². The predicted octanol–water partition coefficient (Wildman–Crippen LogP) is 2.39. The molecule has 1 aliphatic rings. The van der Waals surface area contributed by atoms with Crippen molar-refractivity contribution in [2.45, 2.75) is 18.5 Å². The zero-order valence-electron chi connectivity index (χ0n) is 14.0. The van der Waals surface area contributed by atoms with Crippen molar-refractivity contribution in [3.63, 3.8) is 0 Å². The van der Waals surface area contributed by atoms with Crippen LogP contribution >= 0.6 is 0 Å². The molecule has 1 heterocycles. The normalized spacial score (nSPS) is 19.5. The lowest BCUT2D eigenvalue weighted by atomic mass is 10.0. The number of benzene rings is 2. The zero-order chi connectivity index (χ0) is 17.8. The van der Waals surface area contributed by atoms with Crippen LogP contribution in [0.25, 0.3) is 0 Å². The molecule has 3 rings (SSSR count). The summed E-state index contributed by atoms with van der Waals surface area (Å²) in [5.74, 6) is 0.608. The molecule has 0 saturated carbocycles. The molecule has 1 amide bonds. The molecule has 2 unspecified atom stereocenters. The van der Waals surface area contributed by atoms with Gasteiger partial charge in [-0.25, -0.2) is 15.2 Å². The smallest absolute Gasteiger partial charge is 0.243 e. The van der Waals surface area contributed by atoms with Crippen molar-refractivity contribution in [3.8, 4) is 11.5 Å². The zero-order valence-corrected chi connectivity index (χ0v) is 14.0. The van der Waals surface area contributed by atoms with Gasteiger partial charge in [0.05, 0.1) is 25.9 Å². The summed E-state index contributed by atoms with van der Waals surface area (Å²) < 4.78 is 24.3. The van der Waals surface area contributed by atoms with Crippen LogP contribution in [0.15, 0.2) is 42.5 Å². The van der Waals surface area contributed by atoms with E-state index in [0.29, 0.717) is 17.9 Å². The van der Waals surface area contributed by atoms with Crippen LogP contribution in [0.3, 0.4) is 0 Å². The lowest BCUT2D eigenvalue weighted by molar-refractivity contribution is -0.117. The standard InChI is InChI=1S/C18H20FN3O3/c1-24-11-7-8-12(17(9-11)25-2)15-10-16(22-21-15)18(23)20-14-6-4-3-5-13(14)19/h3-9,15-16,21-22H,10H2,1-2H3,(H,20,23). The third-order valence-electron chi connectivity index (χ3n) is 4.17. The minimum Gasteiger partial charge on any atom is -0.497 e. The molecule has 6 nitrogen and oxygen atoms in total. The Balaban J connectivity index is 1.69. The van der Waals surface area contributed by atoms with Gasteiger partial charge in [0.1, 0.15) is 23.4 Å². The number of rotatable bonds is 5. The number of carbonyl (C=O) groups excluding carboxylic acids is 1. The largest absolute Gasteiger partial charge is 0.497 e. The van der Waals surface area contributed by atoms with E-state index < -0.39 is 11.9 Å². The lowest BCUT2D eigenvalue weighted by Crippen LogP contribution is -2.39. The maximum absolute atomic E-state index is 13.7. The van der Waals surface area contributed by atoms with Gasteiger partial charge in [-0.2, -0.15) is 0 Å². The summed E-state index contributed by atoms with van der Waals surface area (Å²) in [5, 5.41) is 2.60. The van der Waals surface area contributed by atoms with Crippen molar-refractivity contribution in [1.82, 2.24) is 10.9 Å². The molecule has 2 aromatic rings. The highest BCUT2D eigenvalue weighted by atomic mass is 19.1. The molecule has 0 bridgehead atoms. The van der Waals surface area contributed by atoms with Gasteiger partial charge in [-0.1, -0.05) is 18.2 Å². The van der Waals surface area contributed by atoms with Gasteiger partial charge < -0.3 is 14.8 Å². The van der Waals surface area contributed by atoms with Crippen LogP contribution in [0, 0.1) is 5.82 Å². The Morgan fingerprint density at radius 2 is 1.96 bits per heavy atom. The van der Waals surface area contributed by atoms with E-state index in [9.17, 15) is 9.18 Å². The first kappa shape index (κ1) is 17.2. The highest BCUT2D eigenvalue weighted by Crippen LogP contribution is 2.33. The van der Waals surface area contributed by atoms with Crippen molar-refractivity contribution in [2.24, 2.45) is 0 Å². The first-order valence-corrected chi connectivity index (χ1v) is 7.90. The summed E-state index contributed by atoms with van der Waals surface area (Å²) in [6.07, 6.45) is 0.503. The molecular formula is C18H20FN3O3. The number of ether oxygens (including phenoxy) is 2. The highest BCUT2D eigenvalue weighted by Gasteiger charge is 2.32. The summed E-state index contributed by atoms with van der Waals surface area (Å²) in [6, 6.07) is 11.0. The fourth-order valence-electron chi connectivity index (χ4n) is 2.82. The van der Waals surface area contributed by atoms with Crippen LogP contribution in [0.2, 0.25) is 0 Å². The van der Waals surface area contributed by atoms with Gasteiger partial charge in [-0.3, -0.25) is 4.79 Å². The summed E-state index contributed by atoms with van der Waals surface area (Å²) >= 11 is 0. The van der Waals surface area contributed by atoms with E-state index in [4.69, 9.17) is 9.47 Å². The van der Waals surface area contributed by atoms with Crippen molar-refractivity contribution < 1.29 is 18.7 Å². The number of halogens is 1. The molecular weight excluding hydrogens is 325 g/mol. The van der Waals surface area contributed by atoms with E-state index in [2.05, 4.69) is 16.2 Å². The third-order valence-corrected chi connectivity index (χ3v) is 4.17. The van der Waals surface area contributed by atoms with E-state index in [1.165, 1.54) is 12.1 Å². The van der Waals surface area contributed by atoms with Crippen molar-refractivity contribution in [3.05, 3.63) is 53.8 Å². The number of para-hydroxylation sites is 1. The minimum atomic E-state index is -0.489. The Bertz CT molecular complexity index is 769. The molecule has 1 fully saturated rings. The fraction of sp³-hybridized carbons (Fsp3) is 0.278. The Morgan fingerprint density at radius 3 is 2.68 bits per heavy atom. The first-order valence-electron chi connectivity index (χ1n) is 7.90. The second kappa shape index (κ2) is 7.50. The van der Waals surface area contributed by atoms with Gasteiger partial charge in [0, 0.05) is 11.6 Å². The van der Waals surface area contributed by atoms with Gasteiger partial charge >= 0.3 is 0 Å². The second-order valence-electron chi connectivity index (χ2n) is 5.71. The number of amides is 1. The molecule has 0 spiro atoms. The van der Waals surface area contributed by atoms with Crippen LogP contribution in [0.5, 0.6) is 11.5 Å². The average molecular weight is 345 g/mol. The first-order chi connectivity index (χ1) is 12.1. The SMILES string of the molecule is COc1ccc(C2CC(C(=O)Nc3ccccc3F)NN2)c(OC)c1. The summed E-state index contributed by atoms with van der Waals surface area (Å²) in [4.78, 5) is 12.4. The number of hydrogen-bond acceptors (Lipinski definition) is 5.